The smallest absolute Gasteiger partial charge is 0.349 e. The second kappa shape index (κ2) is 8.08. The van der Waals surface area contributed by atoms with Crippen LogP contribution >= 0.6 is 0 Å². The predicted molar refractivity (Wildman–Crippen MR) is 84.6 cm³/mol. The molecule has 2 rings (SSSR count). The molecule has 0 atom stereocenters. The van der Waals surface area contributed by atoms with E-state index in [1.165, 1.54) is 5.56 Å². The van der Waals surface area contributed by atoms with Crippen molar-refractivity contribution in [2.45, 2.75) is 19.8 Å². The van der Waals surface area contributed by atoms with Gasteiger partial charge in [-0.15, -0.1) is 0 Å². The molecule has 0 unspecified atom stereocenters. The second-order valence-electron chi connectivity index (χ2n) is 4.81. The molecule has 0 radical (unpaired) electrons. The third-order valence-electron chi connectivity index (χ3n) is 3.11. The van der Waals surface area contributed by atoms with Crippen molar-refractivity contribution >= 4 is 5.97 Å². The number of benzene rings is 2. The minimum Gasteiger partial charge on any atom is -0.493 e. The Bertz CT molecular complexity index is 605. The molecule has 0 heterocycles. The van der Waals surface area contributed by atoms with Gasteiger partial charge in [0.05, 0.1) is 7.11 Å². The molecule has 0 bridgehead atoms. The van der Waals surface area contributed by atoms with Crippen LogP contribution in [0.15, 0.2) is 48.5 Å². The van der Waals surface area contributed by atoms with Gasteiger partial charge in [-0.2, -0.15) is 0 Å². The van der Waals surface area contributed by atoms with Crippen LogP contribution in [0.4, 0.5) is 0 Å². The van der Waals surface area contributed by atoms with Gasteiger partial charge in [0.25, 0.3) is 0 Å². The lowest BCUT2D eigenvalue weighted by Gasteiger charge is -2.10. The van der Waals surface area contributed by atoms with E-state index in [1.54, 1.807) is 31.4 Å². The van der Waals surface area contributed by atoms with Crippen LogP contribution in [0.2, 0.25) is 0 Å². The van der Waals surface area contributed by atoms with Crippen molar-refractivity contribution in [3.63, 3.8) is 0 Å². The summed E-state index contributed by atoms with van der Waals surface area (Å²) in [4.78, 5) is 11.8. The molecule has 4 heteroatoms. The quantitative estimate of drug-likeness (QED) is 0.578. The highest BCUT2D eigenvalue weighted by molar-refractivity contribution is 5.74. The minimum absolute atomic E-state index is 0.170. The van der Waals surface area contributed by atoms with Crippen LogP contribution in [-0.4, -0.2) is 19.7 Å². The molecule has 0 aliphatic carbocycles. The summed E-state index contributed by atoms with van der Waals surface area (Å²) < 4.78 is 15.8. The number of hydrogen-bond donors (Lipinski definition) is 0. The largest absolute Gasteiger partial charge is 0.493 e. The molecule has 0 aliphatic rings. The standard InChI is InChI=1S/C18H20O4/c1-3-6-14-9-11-15(12-10-14)22-18(19)13-21-17-8-5-4-7-16(17)20-2/h4-5,7-12H,3,6,13H2,1-2H3. The van der Waals surface area contributed by atoms with Crippen molar-refractivity contribution in [3.05, 3.63) is 54.1 Å². The van der Waals surface area contributed by atoms with E-state index < -0.39 is 5.97 Å². The van der Waals surface area contributed by atoms with Crippen molar-refractivity contribution in [3.8, 4) is 17.2 Å². The summed E-state index contributed by atoms with van der Waals surface area (Å²) in [5, 5.41) is 0. The highest BCUT2D eigenvalue weighted by atomic mass is 16.6. The van der Waals surface area contributed by atoms with E-state index in [1.807, 2.05) is 24.3 Å². The van der Waals surface area contributed by atoms with E-state index in [-0.39, 0.29) is 6.61 Å². The van der Waals surface area contributed by atoms with E-state index >= 15 is 0 Å². The molecular weight excluding hydrogens is 280 g/mol. The average Bonchev–Trinajstić information content (AvgIpc) is 2.55. The predicted octanol–water partition coefficient (Wildman–Crippen LogP) is 3.63. The molecule has 2 aromatic carbocycles. The number of carbonyl (C=O) groups is 1. The summed E-state index contributed by atoms with van der Waals surface area (Å²) in [7, 11) is 1.55. The Morgan fingerprint density at radius 3 is 2.32 bits per heavy atom. The lowest BCUT2D eigenvalue weighted by atomic mass is 10.1. The third kappa shape index (κ3) is 4.52. The second-order valence-corrected chi connectivity index (χ2v) is 4.81. The Hall–Kier alpha value is -2.49. The SMILES string of the molecule is CCCc1ccc(OC(=O)COc2ccccc2OC)cc1. The molecule has 2 aromatic rings. The fourth-order valence-electron chi connectivity index (χ4n) is 2.05. The highest BCUT2D eigenvalue weighted by Gasteiger charge is 2.09. The maximum atomic E-state index is 11.8. The number of esters is 1. The van der Waals surface area contributed by atoms with Crippen LogP contribution < -0.4 is 14.2 Å². The van der Waals surface area contributed by atoms with E-state index in [0.29, 0.717) is 17.2 Å². The number of aryl methyl sites for hydroxylation is 1. The number of carbonyl (C=O) groups excluding carboxylic acids is 1. The summed E-state index contributed by atoms with van der Waals surface area (Å²) in [5.41, 5.74) is 1.23. The zero-order chi connectivity index (χ0) is 15.8. The van der Waals surface area contributed by atoms with Crippen LogP contribution in [0.3, 0.4) is 0 Å². The molecule has 0 aromatic heterocycles. The van der Waals surface area contributed by atoms with Gasteiger partial charge in [0.15, 0.2) is 18.1 Å². The normalized spacial score (nSPS) is 10.1. The van der Waals surface area contributed by atoms with Gasteiger partial charge in [-0.3, -0.25) is 0 Å². The Labute approximate surface area is 130 Å². The van der Waals surface area contributed by atoms with E-state index in [4.69, 9.17) is 14.2 Å². The van der Waals surface area contributed by atoms with Gasteiger partial charge in [0.2, 0.25) is 0 Å². The van der Waals surface area contributed by atoms with Gasteiger partial charge in [-0.05, 0) is 36.2 Å². The molecule has 0 aliphatic heterocycles. The first-order chi connectivity index (χ1) is 10.7. The maximum Gasteiger partial charge on any atom is 0.349 e. The van der Waals surface area contributed by atoms with Gasteiger partial charge in [0, 0.05) is 0 Å². The number of para-hydroxylation sites is 2. The molecule has 0 saturated carbocycles. The summed E-state index contributed by atoms with van der Waals surface area (Å²) >= 11 is 0. The van der Waals surface area contributed by atoms with Gasteiger partial charge < -0.3 is 14.2 Å². The van der Waals surface area contributed by atoms with E-state index in [0.717, 1.165) is 12.8 Å². The number of methoxy groups -OCH3 is 1. The van der Waals surface area contributed by atoms with Gasteiger partial charge >= 0.3 is 5.97 Å². The van der Waals surface area contributed by atoms with Gasteiger partial charge in [0.1, 0.15) is 5.75 Å². The summed E-state index contributed by atoms with van der Waals surface area (Å²) in [6.45, 7) is 1.96. The van der Waals surface area contributed by atoms with Crippen molar-refractivity contribution in [1.82, 2.24) is 0 Å². The molecular formula is C18H20O4. The average molecular weight is 300 g/mol. The van der Waals surface area contributed by atoms with Crippen LogP contribution in [0.1, 0.15) is 18.9 Å². The van der Waals surface area contributed by atoms with Crippen LogP contribution in [-0.2, 0) is 11.2 Å². The molecule has 0 saturated heterocycles. The maximum absolute atomic E-state index is 11.8. The molecule has 4 nitrogen and oxygen atoms in total. The fraction of sp³-hybridized carbons (Fsp3) is 0.278. The van der Waals surface area contributed by atoms with Crippen molar-refractivity contribution in [2.24, 2.45) is 0 Å². The topological polar surface area (TPSA) is 44.8 Å². The molecule has 22 heavy (non-hydrogen) atoms. The minimum atomic E-state index is -0.450. The van der Waals surface area contributed by atoms with Crippen LogP contribution in [0, 0.1) is 0 Å². The zero-order valence-electron chi connectivity index (χ0n) is 12.9. The lowest BCUT2D eigenvalue weighted by molar-refractivity contribution is -0.136. The van der Waals surface area contributed by atoms with E-state index in [2.05, 4.69) is 6.92 Å². The number of rotatable bonds is 7. The van der Waals surface area contributed by atoms with Crippen LogP contribution in [0.5, 0.6) is 17.2 Å². The molecule has 0 amide bonds. The molecule has 0 N–H and O–H groups in total. The van der Waals surface area contributed by atoms with Gasteiger partial charge in [-0.1, -0.05) is 37.6 Å². The monoisotopic (exact) mass is 300 g/mol. The van der Waals surface area contributed by atoms with Crippen LogP contribution in [0.25, 0.3) is 0 Å². The van der Waals surface area contributed by atoms with E-state index in [9.17, 15) is 4.79 Å². The first-order valence-electron chi connectivity index (χ1n) is 7.28. The molecule has 0 spiro atoms. The van der Waals surface area contributed by atoms with Crippen molar-refractivity contribution in [1.29, 1.82) is 0 Å². The van der Waals surface area contributed by atoms with Crippen molar-refractivity contribution < 1.29 is 19.0 Å². The number of hydrogen-bond acceptors (Lipinski definition) is 4. The highest BCUT2D eigenvalue weighted by Crippen LogP contribution is 2.25. The lowest BCUT2D eigenvalue weighted by Crippen LogP contribution is -2.17. The number of ether oxygens (including phenoxy) is 3. The summed E-state index contributed by atoms with van der Waals surface area (Å²) in [5.74, 6) is 1.17. The first kappa shape index (κ1) is 15.9. The molecule has 0 fully saturated rings. The van der Waals surface area contributed by atoms with Gasteiger partial charge in [-0.25, -0.2) is 4.79 Å². The fourth-order valence-corrected chi connectivity index (χ4v) is 2.05. The van der Waals surface area contributed by atoms with Crippen molar-refractivity contribution in [2.75, 3.05) is 13.7 Å². The Kier molecular flexibility index (Phi) is 5.83. The molecule has 116 valence electrons. The Morgan fingerprint density at radius 1 is 1.00 bits per heavy atom. The zero-order valence-corrected chi connectivity index (χ0v) is 12.9. The summed E-state index contributed by atoms with van der Waals surface area (Å²) in [6.07, 6.45) is 2.11. The first-order valence-corrected chi connectivity index (χ1v) is 7.28. The third-order valence-corrected chi connectivity index (χ3v) is 3.11. The summed E-state index contributed by atoms with van der Waals surface area (Å²) in [6, 6.07) is 14.7. The Morgan fingerprint density at radius 2 is 1.68 bits per heavy atom. The Balaban J connectivity index is 1.87.